The maximum atomic E-state index is 13.1. The number of pyridine rings is 2. The first-order valence-electron chi connectivity index (χ1n) is 8.60. The number of thiazole rings is 1. The molecule has 0 aliphatic rings. The minimum atomic E-state index is -1.27. The number of aliphatic carboxylic acids is 1. The van der Waals surface area contributed by atoms with Crippen LogP contribution in [0.5, 0.6) is 5.75 Å². The molecular weight excluding hydrogens is 523 g/mol. The molecule has 152 valence electrons. The number of hydrogen-bond acceptors (Lipinski definition) is 7. The Bertz CT molecular complexity index is 1350. The van der Waals surface area contributed by atoms with Gasteiger partial charge in [-0.05, 0) is 40.8 Å². The van der Waals surface area contributed by atoms with Crippen molar-refractivity contribution in [2.75, 3.05) is 6.54 Å². The van der Waals surface area contributed by atoms with Gasteiger partial charge < -0.3 is 15.5 Å². The Labute approximate surface area is 186 Å². The first-order chi connectivity index (χ1) is 14.3. The molecule has 4 aromatic rings. The van der Waals surface area contributed by atoms with Crippen LogP contribution in [-0.2, 0) is 11.3 Å². The molecule has 0 saturated heterocycles. The fourth-order valence-corrected chi connectivity index (χ4v) is 4.41. The molecule has 3 aromatic heterocycles. The number of carbonyl (C=O) groups is 2. The SMILES string of the molecule is O=C(O)CNC(=O)c1c(O)c2cc(I)cnc2n(Cc2nc3ccccc3s2)c1=O. The van der Waals surface area contributed by atoms with Gasteiger partial charge in [0.1, 0.15) is 28.5 Å². The number of amides is 1. The summed E-state index contributed by atoms with van der Waals surface area (Å²) in [4.78, 5) is 45.2. The molecule has 11 heteroatoms. The van der Waals surface area contributed by atoms with Crippen molar-refractivity contribution in [2.45, 2.75) is 6.54 Å². The molecule has 1 amide bonds. The molecule has 0 aliphatic heterocycles. The number of aromatic hydroxyl groups is 1. The lowest BCUT2D eigenvalue weighted by Crippen LogP contribution is -2.36. The normalized spacial score (nSPS) is 11.1. The molecule has 0 aliphatic carbocycles. The number of para-hydroxylation sites is 1. The minimum Gasteiger partial charge on any atom is -0.506 e. The van der Waals surface area contributed by atoms with Gasteiger partial charge in [0.25, 0.3) is 11.5 Å². The van der Waals surface area contributed by atoms with Crippen molar-refractivity contribution < 1.29 is 19.8 Å². The van der Waals surface area contributed by atoms with Crippen molar-refractivity contribution in [1.82, 2.24) is 19.9 Å². The van der Waals surface area contributed by atoms with Gasteiger partial charge in [0, 0.05) is 9.77 Å². The van der Waals surface area contributed by atoms with Crippen molar-refractivity contribution in [3.63, 3.8) is 0 Å². The zero-order chi connectivity index (χ0) is 21.4. The molecule has 3 N–H and O–H groups in total. The third kappa shape index (κ3) is 3.73. The molecule has 30 heavy (non-hydrogen) atoms. The van der Waals surface area contributed by atoms with Crippen molar-refractivity contribution in [1.29, 1.82) is 0 Å². The van der Waals surface area contributed by atoms with Crippen LogP contribution in [-0.4, -0.2) is 43.2 Å². The Morgan fingerprint density at radius 1 is 1.27 bits per heavy atom. The standard InChI is InChI=1S/C19H13IN4O5S/c20-9-5-10-16(27)15(18(28)22-7-14(25)26)19(29)24(17(10)21-6-9)8-13-23-11-3-1-2-4-12(11)30-13/h1-6,27H,7-8H2,(H,22,28)(H,25,26). The van der Waals surface area contributed by atoms with Gasteiger partial charge in [-0.25, -0.2) is 9.97 Å². The second-order valence-corrected chi connectivity index (χ2v) is 8.65. The van der Waals surface area contributed by atoms with Crippen LogP contribution in [0.15, 0.2) is 41.3 Å². The van der Waals surface area contributed by atoms with Crippen molar-refractivity contribution in [3.8, 4) is 5.75 Å². The van der Waals surface area contributed by atoms with Crippen LogP contribution in [0.3, 0.4) is 0 Å². The van der Waals surface area contributed by atoms with E-state index in [9.17, 15) is 19.5 Å². The number of halogens is 1. The fraction of sp³-hybridized carbons (Fsp3) is 0.105. The zero-order valence-corrected chi connectivity index (χ0v) is 18.1. The predicted molar refractivity (Wildman–Crippen MR) is 119 cm³/mol. The third-order valence-corrected chi connectivity index (χ3v) is 5.91. The molecule has 0 spiro atoms. The third-order valence-electron chi connectivity index (χ3n) is 4.30. The van der Waals surface area contributed by atoms with E-state index >= 15 is 0 Å². The summed E-state index contributed by atoms with van der Waals surface area (Å²) in [6.45, 7) is -0.639. The van der Waals surface area contributed by atoms with E-state index in [1.54, 1.807) is 12.3 Å². The molecule has 0 atom stereocenters. The van der Waals surface area contributed by atoms with Crippen LogP contribution in [0.2, 0.25) is 0 Å². The van der Waals surface area contributed by atoms with E-state index in [2.05, 4.69) is 15.3 Å². The van der Waals surface area contributed by atoms with Gasteiger partial charge in [-0.2, -0.15) is 0 Å². The van der Waals surface area contributed by atoms with Crippen molar-refractivity contribution in [2.24, 2.45) is 0 Å². The van der Waals surface area contributed by atoms with Crippen LogP contribution in [0.25, 0.3) is 21.3 Å². The van der Waals surface area contributed by atoms with E-state index in [1.807, 2.05) is 46.9 Å². The lowest BCUT2D eigenvalue weighted by molar-refractivity contribution is -0.135. The van der Waals surface area contributed by atoms with Crippen LogP contribution in [0, 0.1) is 3.57 Å². The van der Waals surface area contributed by atoms with Gasteiger partial charge in [-0.3, -0.25) is 19.0 Å². The average molecular weight is 536 g/mol. The number of nitrogens with zero attached hydrogens (tertiary/aromatic N) is 3. The highest BCUT2D eigenvalue weighted by molar-refractivity contribution is 14.1. The van der Waals surface area contributed by atoms with Gasteiger partial charge in [-0.15, -0.1) is 11.3 Å². The highest BCUT2D eigenvalue weighted by Crippen LogP contribution is 2.28. The zero-order valence-electron chi connectivity index (χ0n) is 15.1. The Morgan fingerprint density at radius 2 is 2.03 bits per heavy atom. The van der Waals surface area contributed by atoms with Gasteiger partial charge >= 0.3 is 5.97 Å². The summed E-state index contributed by atoms with van der Waals surface area (Å²) in [6.07, 6.45) is 1.54. The van der Waals surface area contributed by atoms with Crippen LogP contribution in [0.1, 0.15) is 15.4 Å². The summed E-state index contributed by atoms with van der Waals surface area (Å²) in [6, 6.07) is 9.13. The van der Waals surface area contributed by atoms with Gasteiger partial charge in [-0.1, -0.05) is 12.1 Å². The summed E-state index contributed by atoms with van der Waals surface area (Å²) in [5.74, 6) is -2.78. The number of aromatic nitrogens is 3. The lowest BCUT2D eigenvalue weighted by Gasteiger charge is -2.13. The number of rotatable bonds is 5. The molecule has 0 saturated carbocycles. The average Bonchev–Trinajstić information content (AvgIpc) is 3.12. The second kappa shape index (κ2) is 7.99. The number of nitrogens with one attached hydrogen (secondary N) is 1. The molecule has 0 bridgehead atoms. The van der Waals surface area contributed by atoms with E-state index in [0.29, 0.717) is 8.58 Å². The topological polar surface area (TPSA) is 134 Å². The molecule has 1 aromatic carbocycles. The summed E-state index contributed by atoms with van der Waals surface area (Å²) >= 11 is 3.41. The van der Waals surface area contributed by atoms with E-state index < -0.39 is 35.3 Å². The molecule has 0 fully saturated rings. The number of carboxylic acid groups (broad SMARTS) is 1. The van der Waals surface area contributed by atoms with Gasteiger partial charge in [0.05, 0.1) is 22.1 Å². The number of benzene rings is 1. The Kier molecular flexibility index (Phi) is 5.39. The quantitative estimate of drug-likeness (QED) is 0.333. The van der Waals surface area contributed by atoms with Crippen LogP contribution < -0.4 is 10.9 Å². The largest absolute Gasteiger partial charge is 0.506 e. The van der Waals surface area contributed by atoms with Gasteiger partial charge in [0.15, 0.2) is 0 Å². The van der Waals surface area contributed by atoms with Gasteiger partial charge in [0.2, 0.25) is 0 Å². The Morgan fingerprint density at radius 3 is 2.77 bits per heavy atom. The number of fused-ring (bicyclic) bond motifs is 2. The number of carboxylic acids is 1. The predicted octanol–water partition coefficient (Wildman–Crippen LogP) is 2.18. The number of carbonyl (C=O) groups excluding carboxylic acids is 1. The molecule has 3 heterocycles. The Balaban J connectivity index is 1.89. The Hall–Kier alpha value is -3.06. The van der Waals surface area contributed by atoms with Crippen LogP contribution in [0.4, 0.5) is 0 Å². The minimum absolute atomic E-state index is 0.0434. The molecule has 0 radical (unpaired) electrons. The van der Waals surface area contributed by atoms with E-state index in [-0.39, 0.29) is 17.6 Å². The van der Waals surface area contributed by atoms with Crippen molar-refractivity contribution >= 4 is 67.1 Å². The highest BCUT2D eigenvalue weighted by atomic mass is 127. The fourth-order valence-electron chi connectivity index (χ4n) is 3.01. The summed E-state index contributed by atoms with van der Waals surface area (Å²) in [7, 11) is 0. The first kappa shape index (κ1) is 20.2. The lowest BCUT2D eigenvalue weighted by atomic mass is 10.1. The molecular formula is C19H13IN4O5S. The second-order valence-electron chi connectivity index (χ2n) is 6.29. The maximum Gasteiger partial charge on any atom is 0.322 e. The molecule has 0 unspecified atom stereocenters. The maximum absolute atomic E-state index is 13.1. The number of hydrogen-bond donors (Lipinski definition) is 3. The highest BCUT2D eigenvalue weighted by Gasteiger charge is 2.24. The van der Waals surface area contributed by atoms with E-state index in [1.165, 1.54) is 15.9 Å². The summed E-state index contributed by atoms with van der Waals surface area (Å²) < 4.78 is 2.90. The van der Waals surface area contributed by atoms with Crippen molar-refractivity contribution in [3.05, 3.63) is 61.0 Å². The first-order valence-corrected chi connectivity index (χ1v) is 10.5. The molecule has 9 nitrogen and oxygen atoms in total. The molecule has 4 rings (SSSR count). The summed E-state index contributed by atoms with van der Waals surface area (Å²) in [5.41, 5.74) is -0.327. The van der Waals surface area contributed by atoms with E-state index in [4.69, 9.17) is 5.11 Å². The smallest absolute Gasteiger partial charge is 0.322 e. The summed E-state index contributed by atoms with van der Waals surface area (Å²) in [5, 5.41) is 22.4. The van der Waals surface area contributed by atoms with Crippen LogP contribution >= 0.6 is 33.9 Å². The van der Waals surface area contributed by atoms with E-state index in [0.717, 1.165) is 10.2 Å². The monoisotopic (exact) mass is 536 g/mol.